The van der Waals surface area contributed by atoms with Crippen LogP contribution in [0.1, 0.15) is 19.3 Å². The smallest absolute Gasteiger partial charge is 0.302 e. The minimum absolute atomic E-state index is 0.0265. The molecule has 2 aromatic rings. The summed E-state index contributed by atoms with van der Waals surface area (Å²) < 4.78 is 40.5. The second-order valence-electron chi connectivity index (χ2n) is 4.05. The highest BCUT2D eigenvalue weighted by Crippen LogP contribution is 2.08. The van der Waals surface area contributed by atoms with E-state index in [2.05, 4.69) is 25.0 Å². The summed E-state index contributed by atoms with van der Waals surface area (Å²) in [6.45, 7) is -4.51. The Labute approximate surface area is 130 Å². The van der Waals surface area contributed by atoms with Gasteiger partial charge in [0, 0.05) is 13.8 Å². The van der Waals surface area contributed by atoms with Gasteiger partial charge in [0.2, 0.25) is 11.9 Å². The largest absolute Gasteiger partial charge is 0.463 e. The minimum atomic E-state index is -3.05. The monoisotopic (exact) mass is 313 g/mol. The highest BCUT2D eigenvalue weighted by Gasteiger charge is 2.11. The maximum absolute atomic E-state index is 11.9. The van der Waals surface area contributed by atoms with E-state index in [1.54, 1.807) is 0 Å². The maximum Gasteiger partial charge on any atom is 0.302 e. The molecule has 0 fully saturated rings. The predicted molar refractivity (Wildman–Crippen MR) is 75.0 cm³/mol. The number of H-pyrrole nitrogens is 1. The molecule has 0 spiro atoms. The molecule has 0 aliphatic rings. The van der Waals surface area contributed by atoms with E-state index in [0.29, 0.717) is 0 Å². The number of nitrogens with zero attached hydrogens (tertiary/aromatic N) is 3. The van der Waals surface area contributed by atoms with Gasteiger partial charge in [-0.2, -0.15) is 4.98 Å². The van der Waals surface area contributed by atoms with E-state index in [0.717, 1.165) is 17.8 Å². The first kappa shape index (κ1) is 10.9. The van der Waals surface area contributed by atoms with Gasteiger partial charge in [-0.1, -0.05) is 0 Å². The molecule has 2 heterocycles. The van der Waals surface area contributed by atoms with Crippen LogP contribution in [0, 0.1) is 0 Å². The van der Waals surface area contributed by atoms with E-state index in [9.17, 15) is 14.4 Å². The van der Waals surface area contributed by atoms with E-state index >= 15 is 0 Å². The first-order valence-corrected chi connectivity index (χ1v) is 5.99. The van der Waals surface area contributed by atoms with E-state index in [1.807, 2.05) is 0 Å². The zero-order valence-corrected chi connectivity index (χ0v) is 11.7. The van der Waals surface area contributed by atoms with Crippen LogP contribution >= 0.6 is 0 Å². The third-order valence-electron chi connectivity index (χ3n) is 2.28. The second kappa shape index (κ2) is 6.80. The van der Waals surface area contributed by atoms with Crippen molar-refractivity contribution in [2.24, 2.45) is 0 Å². The minimum Gasteiger partial charge on any atom is -0.463 e. The Hall–Kier alpha value is -2.75. The Morgan fingerprint density at radius 2 is 2.23 bits per heavy atom. The van der Waals surface area contributed by atoms with E-state index in [4.69, 9.17) is 10.2 Å². The SMILES string of the molecule is [2H]C([2H])(OCn1cnc2c(=O)[nH]c(NC(C)=O)nc21)C([2H])([2H])OC(C)=O. The maximum atomic E-state index is 11.9. The number of fused-ring (bicyclic) bond motifs is 1. The number of hydrogen-bond acceptors (Lipinski definition) is 7. The van der Waals surface area contributed by atoms with Gasteiger partial charge in [-0.15, -0.1) is 0 Å². The fraction of sp³-hybridized carbons (Fsp3) is 0.417. The number of amides is 1. The number of rotatable bonds is 6. The Balaban J connectivity index is 2.28. The van der Waals surface area contributed by atoms with Crippen LogP contribution in [0.2, 0.25) is 0 Å². The van der Waals surface area contributed by atoms with Gasteiger partial charge in [-0.05, 0) is 0 Å². The number of aromatic nitrogens is 4. The van der Waals surface area contributed by atoms with Gasteiger partial charge in [0.05, 0.1) is 18.4 Å². The molecule has 0 aliphatic carbocycles. The van der Waals surface area contributed by atoms with Crippen molar-refractivity contribution >= 4 is 29.0 Å². The summed E-state index contributed by atoms with van der Waals surface area (Å²) in [7, 11) is 0. The number of ether oxygens (including phenoxy) is 2. The Bertz CT molecular complexity index is 909. The third kappa shape index (κ3) is 3.88. The fourth-order valence-corrected chi connectivity index (χ4v) is 1.50. The summed E-state index contributed by atoms with van der Waals surface area (Å²) in [4.78, 5) is 44.0. The molecule has 0 atom stereocenters. The van der Waals surface area contributed by atoms with Gasteiger partial charge < -0.3 is 9.47 Å². The topological polar surface area (TPSA) is 128 Å². The molecule has 0 radical (unpaired) electrons. The summed E-state index contributed by atoms with van der Waals surface area (Å²) in [5, 5.41) is 2.29. The summed E-state index contributed by atoms with van der Waals surface area (Å²) in [5.74, 6) is -1.64. The second-order valence-corrected chi connectivity index (χ2v) is 4.05. The van der Waals surface area contributed by atoms with Gasteiger partial charge >= 0.3 is 5.97 Å². The molecule has 22 heavy (non-hydrogen) atoms. The highest BCUT2D eigenvalue weighted by molar-refractivity contribution is 5.87. The van der Waals surface area contributed by atoms with Crippen LogP contribution in [-0.2, 0) is 25.8 Å². The van der Waals surface area contributed by atoms with Gasteiger partial charge in [-0.25, -0.2) is 4.98 Å². The Morgan fingerprint density at radius 1 is 1.45 bits per heavy atom. The molecule has 0 unspecified atom stereocenters. The number of imidazole rings is 1. The standard InChI is InChI=1S/C12H15N5O5/c1-7(18)14-12-15-10-9(11(20)16-12)13-5-17(10)6-21-3-4-22-8(2)19/h5H,3-4,6H2,1-2H3,(H2,14,15,16,18,20)/i3D2,4D2. The third-order valence-corrected chi connectivity index (χ3v) is 2.28. The molecular weight excluding hydrogens is 294 g/mol. The van der Waals surface area contributed by atoms with Crippen LogP contribution in [0.4, 0.5) is 5.95 Å². The normalized spacial score (nSPS) is 14.6. The van der Waals surface area contributed by atoms with Crippen molar-refractivity contribution in [2.75, 3.05) is 18.4 Å². The molecule has 0 aliphatic heterocycles. The van der Waals surface area contributed by atoms with Crippen molar-refractivity contribution in [3.63, 3.8) is 0 Å². The molecule has 10 nitrogen and oxygen atoms in total. The lowest BCUT2D eigenvalue weighted by atomic mass is 10.5. The molecule has 1 amide bonds. The molecule has 2 aromatic heterocycles. The van der Waals surface area contributed by atoms with E-state index in [-0.39, 0.29) is 17.1 Å². The van der Waals surface area contributed by atoms with Crippen LogP contribution in [0.5, 0.6) is 0 Å². The molecule has 0 saturated heterocycles. The van der Waals surface area contributed by atoms with Crippen LogP contribution in [0.15, 0.2) is 11.1 Å². The van der Waals surface area contributed by atoms with E-state index in [1.165, 1.54) is 6.92 Å². The van der Waals surface area contributed by atoms with Crippen molar-refractivity contribution in [1.29, 1.82) is 0 Å². The molecule has 2 rings (SSSR count). The number of nitrogens with one attached hydrogen (secondary N) is 2. The number of esters is 1. The number of hydrogen-bond donors (Lipinski definition) is 2. The lowest BCUT2D eigenvalue weighted by Gasteiger charge is -2.06. The van der Waals surface area contributed by atoms with Crippen LogP contribution < -0.4 is 10.9 Å². The van der Waals surface area contributed by atoms with Crippen LogP contribution in [0.25, 0.3) is 11.2 Å². The number of aromatic amines is 1. The first-order chi connectivity index (χ1) is 11.9. The summed E-state index contributed by atoms with van der Waals surface area (Å²) in [5.41, 5.74) is -0.761. The quantitative estimate of drug-likeness (QED) is 0.695. The lowest BCUT2D eigenvalue weighted by Crippen LogP contribution is -2.17. The van der Waals surface area contributed by atoms with Crippen molar-refractivity contribution in [1.82, 2.24) is 19.5 Å². The van der Waals surface area contributed by atoms with Gasteiger partial charge in [-0.3, -0.25) is 29.3 Å². The summed E-state index contributed by atoms with van der Waals surface area (Å²) in [6.07, 6.45) is 1.13. The summed E-state index contributed by atoms with van der Waals surface area (Å²) in [6, 6.07) is 0. The predicted octanol–water partition coefficient (Wildman–Crippen LogP) is -0.385. The van der Waals surface area contributed by atoms with Crippen molar-refractivity contribution in [3.8, 4) is 0 Å². The first-order valence-electron chi connectivity index (χ1n) is 7.99. The molecule has 10 heteroatoms. The van der Waals surface area contributed by atoms with Crippen molar-refractivity contribution < 1.29 is 24.5 Å². The molecule has 0 bridgehead atoms. The Kier molecular flexibility index (Phi) is 3.37. The lowest BCUT2D eigenvalue weighted by molar-refractivity contribution is -0.142. The van der Waals surface area contributed by atoms with Gasteiger partial charge in [0.1, 0.15) is 13.3 Å². The molecule has 2 N–H and O–H groups in total. The fourth-order valence-electron chi connectivity index (χ4n) is 1.50. The van der Waals surface area contributed by atoms with Crippen molar-refractivity contribution in [3.05, 3.63) is 16.7 Å². The molecule has 0 saturated carbocycles. The van der Waals surface area contributed by atoms with Crippen LogP contribution in [-0.4, -0.2) is 44.5 Å². The molecular formula is C12H15N5O5. The average Bonchev–Trinajstić information content (AvgIpc) is 2.86. The summed E-state index contributed by atoms with van der Waals surface area (Å²) >= 11 is 0. The zero-order valence-electron chi connectivity index (χ0n) is 15.7. The van der Waals surface area contributed by atoms with E-state index < -0.39 is 37.3 Å². The average molecular weight is 313 g/mol. The van der Waals surface area contributed by atoms with Gasteiger partial charge in [0.25, 0.3) is 5.56 Å². The number of carbonyl (C=O) groups excluding carboxylic acids is 2. The Morgan fingerprint density at radius 3 is 2.91 bits per heavy atom. The zero-order chi connectivity index (χ0) is 19.7. The van der Waals surface area contributed by atoms with Crippen LogP contribution in [0.3, 0.4) is 0 Å². The molecule has 118 valence electrons. The van der Waals surface area contributed by atoms with Gasteiger partial charge in [0.15, 0.2) is 11.2 Å². The highest BCUT2D eigenvalue weighted by atomic mass is 16.6. The molecule has 0 aromatic carbocycles. The number of anilines is 1. The number of carbonyl (C=O) groups is 2. The van der Waals surface area contributed by atoms with Crippen molar-refractivity contribution in [2.45, 2.75) is 20.6 Å².